The number of thiazole rings is 1. The van der Waals surface area contributed by atoms with E-state index < -0.39 is 0 Å². The van der Waals surface area contributed by atoms with E-state index >= 15 is 0 Å². The quantitative estimate of drug-likeness (QED) is 0.676. The molecule has 0 atom stereocenters. The second kappa shape index (κ2) is 8.64. The van der Waals surface area contributed by atoms with Gasteiger partial charge >= 0.3 is 0 Å². The fraction of sp³-hybridized carbons (Fsp3) is 0.250. The number of nitrogens with zero attached hydrogens (tertiary/aromatic N) is 2. The number of nitrogens with one attached hydrogen (secondary N) is 1. The Morgan fingerprint density at radius 2 is 1.78 bits per heavy atom. The lowest BCUT2D eigenvalue weighted by molar-refractivity contribution is 0.0948. The fourth-order valence-corrected chi connectivity index (χ4v) is 3.80. The monoisotopic (exact) mass is 383 g/mol. The minimum absolute atomic E-state index is 0.221. The van der Waals surface area contributed by atoms with Crippen molar-refractivity contribution < 1.29 is 14.3 Å². The number of hydrogen-bond donors (Lipinski definition) is 1. The molecule has 27 heavy (non-hydrogen) atoms. The maximum Gasteiger partial charge on any atom is 0.258 e. The predicted octanol–water partition coefficient (Wildman–Crippen LogP) is 3.50. The molecule has 0 saturated heterocycles. The first-order valence-electron chi connectivity index (χ1n) is 8.50. The van der Waals surface area contributed by atoms with Crippen molar-refractivity contribution in [3.8, 4) is 22.1 Å². The van der Waals surface area contributed by atoms with Gasteiger partial charge in [0.15, 0.2) is 0 Å². The number of pyridine rings is 1. The maximum atomic E-state index is 12.6. The van der Waals surface area contributed by atoms with E-state index in [-0.39, 0.29) is 5.91 Å². The van der Waals surface area contributed by atoms with Gasteiger partial charge < -0.3 is 14.8 Å². The van der Waals surface area contributed by atoms with Crippen LogP contribution in [-0.2, 0) is 6.42 Å². The van der Waals surface area contributed by atoms with E-state index in [0.717, 1.165) is 21.1 Å². The summed E-state index contributed by atoms with van der Waals surface area (Å²) in [6.45, 7) is 2.49. The smallest absolute Gasteiger partial charge is 0.258 e. The third-order valence-electron chi connectivity index (χ3n) is 4.11. The van der Waals surface area contributed by atoms with E-state index in [0.29, 0.717) is 30.0 Å². The molecule has 1 N–H and O–H groups in total. The van der Waals surface area contributed by atoms with Gasteiger partial charge in [-0.2, -0.15) is 0 Å². The highest BCUT2D eigenvalue weighted by Gasteiger charge is 2.18. The van der Waals surface area contributed by atoms with Crippen molar-refractivity contribution in [2.24, 2.45) is 0 Å². The van der Waals surface area contributed by atoms with Crippen LogP contribution in [0.25, 0.3) is 10.6 Å². The summed E-state index contributed by atoms with van der Waals surface area (Å²) in [4.78, 5) is 22.4. The molecule has 0 aliphatic carbocycles. The van der Waals surface area contributed by atoms with Gasteiger partial charge in [0.2, 0.25) is 0 Å². The molecular weight excluding hydrogens is 362 g/mol. The molecule has 2 aromatic heterocycles. The number of ether oxygens (including phenoxy) is 2. The Bertz CT molecular complexity index is 903. The zero-order valence-corrected chi connectivity index (χ0v) is 16.3. The highest BCUT2D eigenvalue weighted by atomic mass is 32.1. The first-order chi connectivity index (χ1) is 13.1. The Labute approximate surface area is 162 Å². The van der Waals surface area contributed by atoms with E-state index in [1.165, 1.54) is 14.2 Å². The van der Waals surface area contributed by atoms with E-state index in [1.54, 1.807) is 41.9 Å². The van der Waals surface area contributed by atoms with Crippen LogP contribution >= 0.6 is 11.3 Å². The van der Waals surface area contributed by atoms with Crippen LogP contribution in [-0.4, -0.2) is 36.6 Å². The number of benzene rings is 1. The van der Waals surface area contributed by atoms with Crippen LogP contribution in [0.4, 0.5) is 0 Å². The van der Waals surface area contributed by atoms with Gasteiger partial charge in [-0.25, -0.2) is 4.98 Å². The SMILES string of the molecule is COc1cccc(OC)c1C(=O)NCCc1sc(-c2ccncc2)nc1C. The minimum Gasteiger partial charge on any atom is -0.496 e. The molecule has 3 aromatic rings. The molecule has 3 rings (SSSR count). The summed E-state index contributed by atoms with van der Waals surface area (Å²) in [6, 6.07) is 9.16. The van der Waals surface area contributed by atoms with Crippen LogP contribution in [0.5, 0.6) is 11.5 Å². The fourth-order valence-electron chi connectivity index (χ4n) is 2.73. The summed E-state index contributed by atoms with van der Waals surface area (Å²) in [5, 5.41) is 3.90. The van der Waals surface area contributed by atoms with Gasteiger partial charge in [0.1, 0.15) is 22.1 Å². The van der Waals surface area contributed by atoms with Gasteiger partial charge in [-0.15, -0.1) is 11.3 Å². The van der Waals surface area contributed by atoms with Crippen molar-refractivity contribution in [2.45, 2.75) is 13.3 Å². The van der Waals surface area contributed by atoms with E-state index in [1.807, 2.05) is 19.1 Å². The van der Waals surface area contributed by atoms with Crippen LogP contribution in [0, 0.1) is 6.92 Å². The number of amides is 1. The molecule has 1 amide bonds. The third kappa shape index (κ3) is 4.25. The van der Waals surface area contributed by atoms with Crippen molar-refractivity contribution >= 4 is 17.2 Å². The van der Waals surface area contributed by atoms with E-state index in [9.17, 15) is 4.79 Å². The molecule has 0 bridgehead atoms. The Hall–Kier alpha value is -2.93. The van der Waals surface area contributed by atoms with Gasteiger partial charge in [0.05, 0.1) is 19.9 Å². The van der Waals surface area contributed by atoms with Crippen molar-refractivity contribution in [3.63, 3.8) is 0 Å². The van der Waals surface area contributed by atoms with E-state index in [4.69, 9.17) is 9.47 Å². The first-order valence-corrected chi connectivity index (χ1v) is 9.31. The summed E-state index contributed by atoms with van der Waals surface area (Å²) in [6.07, 6.45) is 4.22. The largest absolute Gasteiger partial charge is 0.496 e. The average molecular weight is 383 g/mol. The van der Waals surface area contributed by atoms with Gasteiger partial charge in [-0.3, -0.25) is 9.78 Å². The number of methoxy groups -OCH3 is 2. The highest BCUT2D eigenvalue weighted by molar-refractivity contribution is 7.15. The topological polar surface area (TPSA) is 73.3 Å². The van der Waals surface area contributed by atoms with Crippen LogP contribution < -0.4 is 14.8 Å². The molecule has 7 heteroatoms. The summed E-state index contributed by atoms with van der Waals surface area (Å²) in [5.74, 6) is 0.752. The van der Waals surface area contributed by atoms with Crippen molar-refractivity contribution in [3.05, 3.63) is 58.9 Å². The highest BCUT2D eigenvalue weighted by Crippen LogP contribution is 2.29. The van der Waals surface area contributed by atoms with Crippen LogP contribution in [0.2, 0.25) is 0 Å². The lowest BCUT2D eigenvalue weighted by Gasteiger charge is -2.12. The van der Waals surface area contributed by atoms with Gasteiger partial charge in [-0.05, 0) is 31.2 Å². The molecule has 2 heterocycles. The number of aromatic nitrogens is 2. The molecule has 0 unspecified atom stereocenters. The molecular formula is C20H21N3O3S. The normalized spacial score (nSPS) is 10.5. The summed E-state index contributed by atoms with van der Waals surface area (Å²) in [7, 11) is 3.07. The Balaban J connectivity index is 1.67. The number of rotatable bonds is 7. The average Bonchev–Trinajstić information content (AvgIpc) is 3.08. The molecule has 0 radical (unpaired) electrons. The van der Waals surface area contributed by atoms with Crippen molar-refractivity contribution in [1.82, 2.24) is 15.3 Å². The predicted molar refractivity (Wildman–Crippen MR) is 106 cm³/mol. The van der Waals surface area contributed by atoms with Gasteiger partial charge in [-0.1, -0.05) is 6.07 Å². The second-order valence-corrected chi connectivity index (χ2v) is 6.89. The number of carbonyl (C=O) groups excluding carboxylic acids is 1. The lowest BCUT2D eigenvalue weighted by atomic mass is 10.1. The Morgan fingerprint density at radius 1 is 1.11 bits per heavy atom. The molecule has 0 fully saturated rings. The molecule has 0 saturated carbocycles. The van der Waals surface area contributed by atoms with Crippen LogP contribution in [0.1, 0.15) is 20.9 Å². The summed E-state index contributed by atoms with van der Waals surface area (Å²) < 4.78 is 10.6. The summed E-state index contributed by atoms with van der Waals surface area (Å²) in [5.41, 5.74) is 2.43. The Morgan fingerprint density at radius 3 is 2.41 bits per heavy atom. The number of carbonyl (C=O) groups is 1. The number of aryl methyl sites for hydroxylation is 1. The second-order valence-electron chi connectivity index (χ2n) is 5.81. The van der Waals surface area contributed by atoms with E-state index in [2.05, 4.69) is 15.3 Å². The molecule has 6 nitrogen and oxygen atoms in total. The van der Waals surface area contributed by atoms with Crippen LogP contribution in [0.15, 0.2) is 42.7 Å². The molecule has 1 aromatic carbocycles. The van der Waals surface area contributed by atoms with Crippen molar-refractivity contribution in [2.75, 3.05) is 20.8 Å². The zero-order valence-electron chi connectivity index (χ0n) is 15.5. The Kier molecular flexibility index (Phi) is 6.03. The molecule has 0 aliphatic rings. The maximum absolute atomic E-state index is 12.6. The first kappa shape index (κ1) is 18.8. The molecule has 140 valence electrons. The number of hydrogen-bond acceptors (Lipinski definition) is 6. The van der Waals surface area contributed by atoms with Crippen LogP contribution in [0.3, 0.4) is 0 Å². The van der Waals surface area contributed by atoms with Gasteiger partial charge in [0, 0.05) is 35.8 Å². The lowest BCUT2D eigenvalue weighted by Crippen LogP contribution is -2.26. The van der Waals surface area contributed by atoms with Crippen molar-refractivity contribution in [1.29, 1.82) is 0 Å². The standard InChI is InChI=1S/C20H21N3O3S/c1-13-17(27-20(23-13)14-7-10-21-11-8-14)9-12-22-19(24)18-15(25-2)5-4-6-16(18)26-3/h4-8,10-11H,9,12H2,1-3H3,(H,22,24). The molecule has 0 aliphatic heterocycles. The third-order valence-corrected chi connectivity index (χ3v) is 5.38. The zero-order chi connectivity index (χ0) is 19.2. The van der Waals surface area contributed by atoms with Gasteiger partial charge in [0.25, 0.3) is 5.91 Å². The molecule has 0 spiro atoms. The summed E-state index contributed by atoms with van der Waals surface area (Å²) >= 11 is 1.64. The minimum atomic E-state index is -0.221.